The van der Waals surface area contributed by atoms with Gasteiger partial charge in [-0.05, 0) is 24.1 Å². The Bertz CT molecular complexity index is 893. The van der Waals surface area contributed by atoms with Gasteiger partial charge in [-0.25, -0.2) is 9.97 Å². The molecule has 0 fully saturated rings. The van der Waals surface area contributed by atoms with Crippen LogP contribution in [-0.4, -0.2) is 33.4 Å². The lowest BCUT2D eigenvalue weighted by Gasteiger charge is -2.19. The Hall–Kier alpha value is -3.12. The molecular formula is C17H16N6O2S. The van der Waals surface area contributed by atoms with Crippen LogP contribution < -0.4 is 10.6 Å². The molecule has 0 unspecified atom stereocenters. The Labute approximate surface area is 154 Å². The van der Waals surface area contributed by atoms with E-state index in [1.807, 2.05) is 24.4 Å². The Morgan fingerprint density at radius 3 is 3.04 bits per heavy atom. The first-order chi connectivity index (χ1) is 12.7. The maximum Gasteiger partial charge on any atom is 0.303 e. The van der Waals surface area contributed by atoms with Gasteiger partial charge in [-0.2, -0.15) is 5.26 Å². The molecule has 26 heavy (non-hydrogen) atoms. The summed E-state index contributed by atoms with van der Waals surface area (Å²) in [6, 6.07) is 5.96. The third-order valence-electron chi connectivity index (χ3n) is 3.59. The molecule has 1 aromatic heterocycles. The summed E-state index contributed by atoms with van der Waals surface area (Å²) < 4.78 is 0. The minimum atomic E-state index is -0.850. The van der Waals surface area contributed by atoms with Crippen molar-refractivity contribution in [3.05, 3.63) is 36.2 Å². The summed E-state index contributed by atoms with van der Waals surface area (Å²) in [7, 11) is 0. The van der Waals surface area contributed by atoms with Gasteiger partial charge in [0.15, 0.2) is 12.0 Å². The fourth-order valence-electron chi connectivity index (χ4n) is 2.43. The standard InChI is InChI=1S/C17H16N6O2S/c18-10-22-14(19-5-1-2-15(24)25)9-11-3-4-13-12(8-11)23-16-17(26-13)21-7-6-20-16/h3-4,6-8H,1-2,5,9H2,(H,19,22)(H,20,23)(H,24,25). The van der Waals surface area contributed by atoms with E-state index in [-0.39, 0.29) is 6.42 Å². The fraction of sp³-hybridized carbons (Fsp3) is 0.235. The molecule has 9 heteroatoms. The van der Waals surface area contributed by atoms with E-state index in [9.17, 15) is 4.79 Å². The molecule has 0 atom stereocenters. The molecule has 0 radical (unpaired) electrons. The zero-order valence-corrected chi connectivity index (χ0v) is 14.6. The van der Waals surface area contributed by atoms with Gasteiger partial charge in [0.2, 0.25) is 0 Å². The molecule has 3 rings (SSSR count). The zero-order chi connectivity index (χ0) is 18.4. The highest BCUT2D eigenvalue weighted by atomic mass is 32.2. The predicted molar refractivity (Wildman–Crippen MR) is 97.5 cm³/mol. The third-order valence-corrected chi connectivity index (χ3v) is 4.66. The lowest BCUT2D eigenvalue weighted by molar-refractivity contribution is -0.137. The summed E-state index contributed by atoms with van der Waals surface area (Å²) >= 11 is 1.55. The molecule has 0 bridgehead atoms. The van der Waals surface area contributed by atoms with Crippen molar-refractivity contribution in [2.45, 2.75) is 29.2 Å². The number of hydrogen-bond donors (Lipinski definition) is 3. The van der Waals surface area contributed by atoms with Crippen molar-refractivity contribution in [2.75, 3.05) is 11.9 Å². The second-order valence-electron chi connectivity index (χ2n) is 5.51. The fourth-order valence-corrected chi connectivity index (χ4v) is 3.31. The van der Waals surface area contributed by atoms with Gasteiger partial charge in [-0.15, -0.1) is 0 Å². The number of aliphatic imine (C=N–C) groups is 1. The van der Waals surface area contributed by atoms with Crippen molar-refractivity contribution in [3.63, 3.8) is 0 Å². The molecule has 3 N–H and O–H groups in total. The van der Waals surface area contributed by atoms with Crippen LogP contribution in [-0.2, 0) is 11.2 Å². The zero-order valence-electron chi connectivity index (χ0n) is 13.8. The molecule has 2 heterocycles. The molecule has 0 spiro atoms. The minimum absolute atomic E-state index is 0.0593. The quantitative estimate of drug-likeness (QED) is 0.199. The molecule has 1 aromatic carbocycles. The first-order valence-electron chi connectivity index (χ1n) is 7.95. The number of carbonyl (C=O) groups is 1. The van der Waals surface area contributed by atoms with Crippen LogP contribution in [0.25, 0.3) is 0 Å². The normalized spacial score (nSPS) is 12.3. The first kappa shape index (κ1) is 17.7. The van der Waals surface area contributed by atoms with Crippen molar-refractivity contribution >= 4 is 35.1 Å². The lowest BCUT2D eigenvalue weighted by atomic mass is 10.1. The summed E-state index contributed by atoms with van der Waals surface area (Å²) in [4.78, 5) is 24.5. The average molecular weight is 368 g/mol. The number of aliphatic carboxylic acids is 1. The van der Waals surface area contributed by atoms with E-state index in [0.29, 0.717) is 25.2 Å². The highest BCUT2D eigenvalue weighted by molar-refractivity contribution is 7.99. The number of amidine groups is 1. The van der Waals surface area contributed by atoms with E-state index >= 15 is 0 Å². The number of nitrogens with one attached hydrogen (secondary N) is 2. The number of benzene rings is 1. The van der Waals surface area contributed by atoms with Crippen molar-refractivity contribution < 1.29 is 9.90 Å². The van der Waals surface area contributed by atoms with Gasteiger partial charge in [-0.1, -0.05) is 17.8 Å². The molecule has 0 amide bonds. The largest absolute Gasteiger partial charge is 0.481 e. The van der Waals surface area contributed by atoms with Crippen LogP contribution >= 0.6 is 11.8 Å². The number of anilines is 2. The Morgan fingerprint density at radius 2 is 2.23 bits per heavy atom. The van der Waals surface area contributed by atoms with Crippen molar-refractivity contribution in [1.82, 2.24) is 15.3 Å². The molecule has 1 aliphatic heterocycles. The molecule has 0 saturated carbocycles. The summed E-state index contributed by atoms with van der Waals surface area (Å²) in [5.41, 5.74) is 1.91. The SMILES string of the molecule is N#CNC(Cc1ccc2c(c1)Nc1nccnc1S2)=NCCCC(=O)O. The Balaban J connectivity index is 1.70. The van der Waals surface area contributed by atoms with Crippen molar-refractivity contribution in [1.29, 1.82) is 5.26 Å². The van der Waals surface area contributed by atoms with Crippen molar-refractivity contribution in [2.24, 2.45) is 4.99 Å². The molecule has 0 aliphatic carbocycles. The van der Waals surface area contributed by atoms with E-state index in [2.05, 4.69) is 25.6 Å². The molecule has 1 aliphatic rings. The number of hydrogen-bond acceptors (Lipinski definition) is 7. The Kier molecular flexibility index (Phi) is 5.66. The number of fused-ring (bicyclic) bond motifs is 2. The van der Waals surface area contributed by atoms with Gasteiger partial charge in [0.25, 0.3) is 0 Å². The second-order valence-corrected chi connectivity index (χ2v) is 6.54. The molecule has 132 valence electrons. The molecule has 8 nitrogen and oxygen atoms in total. The van der Waals surface area contributed by atoms with Gasteiger partial charge in [-0.3, -0.25) is 15.1 Å². The van der Waals surface area contributed by atoms with Crippen LogP contribution in [0.3, 0.4) is 0 Å². The average Bonchev–Trinajstić information content (AvgIpc) is 2.63. The van der Waals surface area contributed by atoms with Crippen LogP contribution in [0.5, 0.6) is 0 Å². The third kappa shape index (κ3) is 4.49. The van der Waals surface area contributed by atoms with Crippen LogP contribution in [0.2, 0.25) is 0 Å². The highest BCUT2D eigenvalue weighted by Gasteiger charge is 2.18. The summed E-state index contributed by atoms with van der Waals surface area (Å²) in [6.45, 7) is 0.359. The number of aromatic nitrogens is 2. The Morgan fingerprint density at radius 1 is 1.38 bits per heavy atom. The maximum absolute atomic E-state index is 10.5. The van der Waals surface area contributed by atoms with E-state index < -0.39 is 5.97 Å². The second kappa shape index (κ2) is 8.31. The van der Waals surface area contributed by atoms with Gasteiger partial charge < -0.3 is 10.4 Å². The number of carboxylic acid groups (broad SMARTS) is 1. The van der Waals surface area contributed by atoms with Crippen LogP contribution in [0.1, 0.15) is 18.4 Å². The molecule has 0 saturated heterocycles. The van der Waals surface area contributed by atoms with Gasteiger partial charge in [0.1, 0.15) is 10.9 Å². The van der Waals surface area contributed by atoms with Gasteiger partial charge in [0.05, 0.1) is 5.69 Å². The topological polar surface area (TPSA) is 123 Å². The van der Waals surface area contributed by atoms with E-state index in [1.54, 1.807) is 24.2 Å². The van der Waals surface area contributed by atoms with Crippen LogP contribution in [0.15, 0.2) is 45.5 Å². The number of nitrogens with zero attached hydrogens (tertiary/aromatic N) is 4. The van der Waals surface area contributed by atoms with E-state index in [1.165, 1.54) is 0 Å². The molecular weight excluding hydrogens is 352 g/mol. The van der Waals surface area contributed by atoms with Crippen LogP contribution in [0, 0.1) is 11.5 Å². The lowest BCUT2D eigenvalue weighted by Crippen LogP contribution is -2.21. The summed E-state index contributed by atoms with van der Waals surface area (Å²) in [5, 5.41) is 24.2. The summed E-state index contributed by atoms with van der Waals surface area (Å²) in [6.07, 6.45) is 6.12. The number of carboxylic acids is 1. The van der Waals surface area contributed by atoms with E-state index in [0.717, 1.165) is 27.0 Å². The van der Waals surface area contributed by atoms with Crippen LogP contribution in [0.4, 0.5) is 11.5 Å². The molecule has 2 aromatic rings. The monoisotopic (exact) mass is 368 g/mol. The summed E-state index contributed by atoms with van der Waals surface area (Å²) in [5.74, 6) is 0.387. The maximum atomic E-state index is 10.5. The number of rotatable bonds is 6. The van der Waals surface area contributed by atoms with Gasteiger partial charge >= 0.3 is 5.97 Å². The van der Waals surface area contributed by atoms with E-state index in [4.69, 9.17) is 10.4 Å². The smallest absolute Gasteiger partial charge is 0.303 e. The van der Waals surface area contributed by atoms with Crippen molar-refractivity contribution in [3.8, 4) is 6.19 Å². The minimum Gasteiger partial charge on any atom is -0.481 e. The highest BCUT2D eigenvalue weighted by Crippen LogP contribution is 2.41. The first-order valence-corrected chi connectivity index (χ1v) is 8.76. The number of nitriles is 1. The predicted octanol–water partition coefficient (Wildman–Crippen LogP) is 2.56. The van der Waals surface area contributed by atoms with Gasteiger partial charge in [0, 0.05) is 36.7 Å².